The highest BCUT2D eigenvalue weighted by atomic mass is 79.9. The standard InChI is InChI=1S/C19H19Br3N2O2/c1-11(2)15-8-16(21)12(3)18(22)19(15)26-10-17(25)24-23-9-13-4-6-14(20)7-5-13/h4-9,11H,10H2,1-3H3,(H,24,25)/b23-9+. The first-order valence-electron chi connectivity index (χ1n) is 7.98. The molecule has 0 radical (unpaired) electrons. The predicted octanol–water partition coefficient (Wildman–Crippen LogP) is 5.94. The molecule has 1 amide bonds. The number of hydrazone groups is 1. The molecule has 0 bridgehead atoms. The lowest BCUT2D eigenvalue weighted by molar-refractivity contribution is -0.123. The van der Waals surface area contributed by atoms with Crippen LogP contribution in [-0.2, 0) is 4.79 Å². The van der Waals surface area contributed by atoms with Gasteiger partial charge in [-0.3, -0.25) is 4.79 Å². The van der Waals surface area contributed by atoms with Gasteiger partial charge < -0.3 is 4.74 Å². The average Bonchev–Trinajstić information content (AvgIpc) is 2.60. The summed E-state index contributed by atoms with van der Waals surface area (Å²) in [5.74, 6) is 0.630. The molecule has 0 aliphatic heterocycles. The highest BCUT2D eigenvalue weighted by molar-refractivity contribution is 9.11. The van der Waals surface area contributed by atoms with Crippen molar-refractivity contribution in [1.82, 2.24) is 5.43 Å². The molecule has 0 aromatic heterocycles. The number of benzene rings is 2. The molecule has 0 unspecified atom stereocenters. The lowest BCUT2D eigenvalue weighted by Gasteiger charge is -2.18. The summed E-state index contributed by atoms with van der Waals surface area (Å²) < 4.78 is 8.63. The van der Waals surface area contributed by atoms with Crippen LogP contribution in [0.1, 0.15) is 36.5 Å². The van der Waals surface area contributed by atoms with Gasteiger partial charge in [-0.25, -0.2) is 5.43 Å². The molecule has 2 aromatic rings. The van der Waals surface area contributed by atoms with Crippen molar-refractivity contribution in [2.75, 3.05) is 6.61 Å². The smallest absolute Gasteiger partial charge is 0.277 e. The van der Waals surface area contributed by atoms with Gasteiger partial charge in [-0.2, -0.15) is 5.10 Å². The summed E-state index contributed by atoms with van der Waals surface area (Å²) in [4.78, 5) is 12.0. The summed E-state index contributed by atoms with van der Waals surface area (Å²) in [5.41, 5.74) is 5.43. The number of ether oxygens (including phenoxy) is 1. The first-order chi connectivity index (χ1) is 12.3. The third kappa shape index (κ3) is 5.66. The summed E-state index contributed by atoms with van der Waals surface area (Å²) in [7, 11) is 0. The minimum absolute atomic E-state index is 0.114. The third-order valence-electron chi connectivity index (χ3n) is 3.67. The summed E-state index contributed by atoms with van der Waals surface area (Å²) >= 11 is 10.5. The quantitative estimate of drug-likeness (QED) is 0.360. The monoisotopic (exact) mass is 544 g/mol. The van der Waals surface area contributed by atoms with E-state index in [-0.39, 0.29) is 18.4 Å². The van der Waals surface area contributed by atoms with E-state index in [2.05, 4.69) is 72.2 Å². The molecule has 2 aromatic carbocycles. The van der Waals surface area contributed by atoms with E-state index in [0.717, 1.165) is 30.1 Å². The van der Waals surface area contributed by atoms with Crippen LogP contribution in [0.25, 0.3) is 0 Å². The fraction of sp³-hybridized carbons (Fsp3) is 0.263. The van der Waals surface area contributed by atoms with Crippen molar-refractivity contribution in [2.45, 2.75) is 26.7 Å². The molecule has 0 fully saturated rings. The Hall–Kier alpha value is -1.18. The van der Waals surface area contributed by atoms with Gasteiger partial charge in [0.25, 0.3) is 5.91 Å². The molecule has 7 heteroatoms. The number of nitrogens with one attached hydrogen (secondary N) is 1. The van der Waals surface area contributed by atoms with Crippen LogP contribution in [0.5, 0.6) is 5.75 Å². The molecule has 2 rings (SSSR count). The number of nitrogens with zero attached hydrogens (tertiary/aromatic N) is 1. The summed E-state index contributed by atoms with van der Waals surface area (Å²) in [6, 6.07) is 9.64. The zero-order chi connectivity index (χ0) is 19.3. The van der Waals surface area contributed by atoms with Crippen LogP contribution < -0.4 is 10.2 Å². The third-order valence-corrected chi connectivity index (χ3v) is 5.98. The minimum Gasteiger partial charge on any atom is -0.482 e. The van der Waals surface area contributed by atoms with Crippen LogP contribution in [0.15, 0.2) is 48.9 Å². The number of carbonyl (C=O) groups is 1. The molecule has 0 heterocycles. The van der Waals surface area contributed by atoms with Gasteiger partial charge in [-0.15, -0.1) is 0 Å². The number of halogens is 3. The largest absolute Gasteiger partial charge is 0.482 e. The van der Waals surface area contributed by atoms with Crippen LogP contribution in [0.4, 0.5) is 0 Å². The van der Waals surface area contributed by atoms with E-state index in [4.69, 9.17) is 4.74 Å². The Balaban J connectivity index is 2.01. The zero-order valence-corrected chi connectivity index (χ0v) is 19.4. The summed E-state index contributed by atoms with van der Waals surface area (Å²) in [6.07, 6.45) is 1.59. The van der Waals surface area contributed by atoms with Crippen molar-refractivity contribution in [3.8, 4) is 5.75 Å². The fourth-order valence-corrected chi connectivity index (χ4v) is 3.72. The maximum atomic E-state index is 12.0. The number of rotatable bonds is 6. The molecule has 0 aliphatic carbocycles. The average molecular weight is 547 g/mol. The van der Waals surface area contributed by atoms with E-state index in [9.17, 15) is 4.79 Å². The van der Waals surface area contributed by atoms with Crippen molar-refractivity contribution < 1.29 is 9.53 Å². The van der Waals surface area contributed by atoms with Crippen LogP contribution in [-0.4, -0.2) is 18.7 Å². The van der Waals surface area contributed by atoms with E-state index in [1.54, 1.807) is 6.21 Å². The van der Waals surface area contributed by atoms with Crippen LogP contribution in [0, 0.1) is 6.92 Å². The minimum atomic E-state index is -0.319. The van der Waals surface area contributed by atoms with Crippen molar-refractivity contribution in [3.63, 3.8) is 0 Å². The molecule has 4 nitrogen and oxygen atoms in total. The fourth-order valence-electron chi connectivity index (χ4n) is 2.19. The van der Waals surface area contributed by atoms with Gasteiger partial charge in [-0.05, 0) is 63.7 Å². The number of hydrogen-bond acceptors (Lipinski definition) is 3. The second kappa shape index (κ2) is 9.67. The first kappa shape index (κ1) is 21.1. The Morgan fingerprint density at radius 2 is 1.88 bits per heavy atom. The van der Waals surface area contributed by atoms with Crippen molar-refractivity contribution in [1.29, 1.82) is 0 Å². The maximum Gasteiger partial charge on any atom is 0.277 e. The summed E-state index contributed by atoms with van der Waals surface area (Å²) in [6.45, 7) is 6.03. The number of carbonyl (C=O) groups excluding carboxylic acids is 1. The molecular weight excluding hydrogens is 528 g/mol. The molecule has 0 saturated carbocycles. The van der Waals surface area contributed by atoms with E-state index >= 15 is 0 Å². The van der Waals surface area contributed by atoms with Gasteiger partial charge in [0.1, 0.15) is 5.75 Å². The van der Waals surface area contributed by atoms with E-state index < -0.39 is 0 Å². The van der Waals surface area contributed by atoms with Crippen molar-refractivity contribution in [3.05, 3.63) is 60.4 Å². The molecule has 0 aliphatic rings. The van der Waals surface area contributed by atoms with Crippen LogP contribution in [0.2, 0.25) is 0 Å². The molecule has 0 saturated heterocycles. The Morgan fingerprint density at radius 3 is 2.50 bits per heavy atom. The Labute approximate surface area is 178 Å². The molecule has 0 spiro atoms. The Bertz CT molecular complexity index is 819. The number of amides is 1. The van der Waals surface area contributed by atoms with E-state index in [0.29, 0.717) is 5.75 Å². The van der Waals surface area contributed by atoms with Crippen molar-refractivity contribution in [2.24, 2.45) is 5.10 Å². The van der Waals surface area contributed by atoms with Gasteiger partial charge in [0, 0.05) is 8.95 Å². The SMILES string of the molecule is Cc1c(Br)cc(C(C)C)c(OCC(=O)N/N=C/c2ccc(Br)cc2)c1Br. The van der Waals surface area contributed by atoms with Gasteiger partial charge in [0.2, 0.25) is 0 Å². The van der Waals surface area contributed by atoms with E-state index in [1.165, 1.54) is 0 Å². The van der Waals surface area contributed by atoms with Crippen LogP contribution in [0.3, 0.4) is 0 Å². The van der Waals surface area contributed by atoms with Crippen LogP contribution >= 0.6 is 47.8 Å². The second-order valence-corrected chi connectivity index (χ2v) is 8.57. The lowest BCUT2D eigenvalue weighted by Crippen LogP contribution is -2.25. The first-order valence-corrected chi connectivity index (χ1v) is 10.4. The molecular formula is C19H19Br3N2O2. The zero-order valence-electron chi connectivity index (χ0n) is 14.6. The highest BCUT2D eigenvalue weighted by Gasteiger charge is 2.17. The summed E-state index contributed by atoms with van der Waals surface area (Å²) in [5, 5.41) is 3.96. The molecule has 26 heavy (non-hydrogen) atoms. The van der Waals surface area contributed by atoms with Gasteiger partial charge in [0.05, 0.1) is 10.7 Å². The highest BCUT2D eigenvalue weighted by Crippen LogP contribution is 2.40. The normalized spacial score (nSPS) is 11.2. The van der Waals surface area contributed by atoms with Gasteiger partial charge in [-0.1, -0.05) is 57.8 Å². The van der Waals surface area contributed by atoms with E-state index in [1.807, 2.05) is 37.3 Å². The molecule has 138 valence electrons. The topological polar surface area (TPSA) is 50.7 Å². The molecule has 1 N–H and O–H groups in total. The molecule has 0 atom stereocenters. The van der Waals surface area contributed by atoms with Gasteiger partial charge in [0.15, 0.2) is 6.61 Å². The second-order valence-electron chi connectivity index (χ2n) is 6.00. The van der Waals surface area contributed by atoms with Crippen molar-refractivity contribution >= 4 is 59.9 Å². The number of hydrogen-bond donors (Lipinski definition) is 1. The lowest BCUT2D eigenvalue weighted by atomic mass is 10.0. The Morgan fingerprint density at radius 1 is 1.23 bits per heavy atom. The Kier molecular flexibility index (Phi) is 7.85. The predicted molar refractivity (Wildman–Crippen MR) is 116 cm³/mol. The van der Waals surface area contributed by atoms with Gasteiger partial charge >= 0.3 is 0 Å². The maximum absolute atomic E-state index is 12.0.